The summed E-state index contributed by atoms with van der Waals surface area (Å²) in [6, 6.07) is 23.2. The summed E-state index contributed by atoms with van der Waals surface area (Å²) in [4.78, 5) is 26.8. The van der Waals surface area contributed by atoms with Gasteiger partial charge in [0.15, 0.2) is 11.9 Å². The SMILES string of the molecule is CC[C@H](C)[C@@H](C(N)=O)[N+](C)(Cc1ccc(-c2ccccc2S(=O)(=O)Nc2noc(C)c2C)cc1)C(=O)CCc1ccccc1. The summed E-state index contributed by atoms with van der Waals surface area (Å²) < 4.78 is 34.3. The molecule has 1 unspecified atom stereocenters. The summed E-state index contributed by atoms with van der Waals surface area (Å²) in [6.45, 7) is 7.65. The lowest BCUT2D eigenvalue weighted by Crippen LogP contribution is -2.62. The molecule has 2 amide bonds. The molecular formula is C34H41N4O5S+. The quantitative estimate of drug-likeness (QED) is 0.183. The molecule has 0 radical (unpaired) electrons. The average Bonchev–Trinajstić information content (AvgIpc) is 3.32. The molecule has 1 aromatic heterocycles. The van der Waals surface area contributed by atoms with Crippen molar-refractivity contribution in [2.45, 2.75) is 64.4 Å². The van der Waals surface area contributed by atoms with Crippen LogP contribution in [-0.2, 0) is 32.6 Å². The maximum absolute atomic E-state index is 13.9. The molecule has 1 heterocycles. The van der Waals surface area contributed by atoms with Gasteiger partial charge in [0.25, 0.3) is 15.9 Å². The lowest BCUT2D eigenvalue weighted by Gasteiger charge is -2.40. The summed E-state index contributed by atoms with van der Waals surface area (Å²) >= 11 is 0. The number of anilines is 1. The van der Waals surface area contributed by atoms with Crippen molar-refractivity contribution in [3.8, 4) is 11.1 Å². The van der Waals surface area contributed by atoms with Crippen LogP contribution in [0.3, 0.4) is 0 Å². The van der Waals surface area contributed by atoms with E-state index in [-0.39, 0.29) is 40.0 Å². The number of nitrogens with zero attached hydrogens (tertiary/aromatic N) is 2. The number of hydrogen-bond donors (Lipinski definition) is 2. The molecule has 232 valence electrons. The fourth-order valence-electron chi connectivity index (χ4n) is 5.64. The Balaban J connectivity index is 1.64. The minimum absolute atomic E-state index is 0.0667. The number of primary amides is 1. The zero-order chi connectivity index (χ0) is 32.1. The van der Waals surface area contributed by atoms with Crippen LogP contribution >= 0.6 is 0 Å². The van der Waals surface area contributed by atoms with E-state index in [0.29, 0.717) is 35.3 Å². The number of quaternary nitrogens is 1. The van der Waals surface area contributed by atoms with E-state index in [9.17, 15) is 18.0 Å². The van der Waals surface area contributed by atoms with Crippen LogP contribution in [0, 0.1) is 19.8 Å². The highest BCUT2D eigenvalue weighted by atomic mass is 32.2. The van der Waals surface area contributed by atoms with Crippen molar-refractivity contribution in [1.82, 2.24) is 5.16 Å². The molecule has 9 nitrogen and oxygen atoms in total. The third-order valence-electron chi connectivity index (χ3n) is 8.47. The van der Waals surface area contributed by atoms with Gasteiger partial charge in [-0.2, -0.15) is 0 Å². The van der Waals surface area contributed by atoms with Crippen LogP contribution in [0.5, 0.6) is 0 Å². The van der Waals surface area contributed by atoms with Crippen LogP contribution in [0.4, 0.5) is 5.82 Å². The summed E-state index contributed by atoms with van der Waals surface area (Å²) in [5, 5.41) is 3.84. The molecule has 3 atom stereocenters. The first-order valence-corrected chi connectivity index (χ1v) is 16.2. The van der Waals surface area contributed by atoms with E-state index < -0.39 is 22.0 Å². The Morgan fingerprint density at radius 2 is 1.59 bits per heavy atom. The van der Waals surface area contributed by atoms with E-state index in [1.54, 1.807) is 39.1 Å². The first kappa shape index (κ1) is 32.6. The third kappa shape index (κ3) is 7.09. The highest BCUT2D eigenvalue weighted by Gasteiger charge is 2.46. The molecule has 0 bridgehead atoms. The molecule has 44 heavy (non-hydrogen) atoms. The molecule has 10 heteroatoms. The van der Waals surface area contributed by atoms with Crippen LogP contribution in [-0.4, -0.2) is 43.0 Å². The number of sulfonamides is 1. The molecule has 0 saturated carbocycles. The van der Waals surface area contributed by atoms with Gasteiger partial charge in [0.05, 0.1) is 18.4 Å². The van der Waals surface area contributed by atoms with E-state index in [2.05, 4.69) is 9.88 Å². The Morgan fingerprint density at radius 1 is 0.955 bits per heavy atom. The van der Waals surface area contributed by atoms with E-state index in [1.165, 1.54) is 6.07 Å². The Bertz CT molecular complexity index is 1720. The van der Waals surface area contributed by atoms with Crippen molar-refractivity contribution in [1.29, 1.82) is 0 Å². The molecule has 0 fully saturated rings. The number of amides is 2. The number of aromatic nitrogens is 1. The summed E-state index contributed by atoms with van der Waals surface area (Å²) in [7, 11) is -2.19. The van der Waals surface area contributed by atoms with Crippen LogP contribution in [0.15, 0.2) is 88.3 Å². The van der Waals surface area contributed by atoms with Gasteiger partial charge in [0.2, 0.25) is 0 Å². The van der Waals surface area contributed by atoms with E-state index in [4.69, 9.17) is 10.3 Å². The maximum Gasteiger partial charge on any atom is 0.314 e. The molecule has 0 aliphatic carbocycles. The largest absolute Gasteiger partial charge is 0.364 e. The molecule has 3 aromatic carbocycles. The number of benzene rings is 3. The van der Waals surface area contributed by atoms with Gasteiger partial charge in [0.1, 0.15) is 12.3 Å². The fourth-order valence-corrected chi connectivity index (χ4v) is 6.93. The van der Waals surface area contributed by atoms with Crippen molar-refractivity contribution in [3.05, 3.63) is 101 Å². The van der Waals surface area contributed by atoms with Crippen LogP contribution in [0.25, 0.3) is 11.1 Å². The second-order valence-corrected chi connectivity index (χ2v) is 13.2. The minimum atomic E-state index is -3.99. The highest BCUT2D eigenvalue weighted by Crippen LogP contribution is 2.31. The number of hydrogen-bond acceptors (Lipinski definition) is 6. The number of nitrogens with two attached hydrogens (primary N) is 1. The summed E-state index contributed by atoms with van der Waals surface area (Å²) in [5.74, 6) is -0.00723. The van der Waals surface area contributed by atoms with Crippen molar-refractivity contribution in [2.24, 2.45) is 11.7 Å². The van der Waals surface area contributed by atoms with Gasteiger partial charge in [-0.25, -0.2) is 17.7 Å². The predicted molar refractivity (Wildman–Crippen MR) is 171 cm³/mol. The first-order valence-electron chi connectivity index (χ1n) is 14.7. The van der Waals surface area contributed by atoms with Crippen molar-refractivity contribution in [2.75, 3.05) is 11.8 Å². The number of likely N-dealkylation sites (N-methyl/N-ethyl adjacent to an activating group) is 1. The van der Waals surface area contributed by atoms with E-state index >= 15 is 0 Å². The van der Waals surface area contributed by atoms with Crippen molar-refractivity contribution < 1.29 is 27.0 Å². The zero-order valence-electron chi connectivity index (χ0n) is 25.9. The zero-order valence-corrected chi connectivity index (χ0v) is 26.7. The van der Waals surface area contributed by atoms with E-state index in [0.717, 1.165) is 11.1 Å². The number of rotatable bonds is 13. The van der Waals surface area contributed by atoms with E-state index in [1.807, 2.05) is 68.4 Å². The first-order chi connectivity index (χ1) is 20.9. The molecule has 0 aliphatic rings. The minimum Gasteiger partial charge on any atom is -0.364 e. The molecular weight excluding hydrogens is 576 g/mol. The molecule has 0 spiro atoms. The number of carbonyl (C=O) groups is 2. The number of carbonyl (C=O) groups excluding carboxylic acids is 2. The van der Waals surface area contributed by atoms with Gasteiger partial charge in [-0.15, -0.1) is 0 Å². The molecule has 4 rings (SSSR count). The molecule has 3 N–H and O–H groups in total. The Labute approximate surface area is 259 Å². The van der Waals surface area contributed by atoms with Gasteiger partial charge in [-0.05, 0) is 43.9 Å². The standard InChI is InChI=1S/C34H40N4O5S/c1-6-23(2)32(33(35)40)38(5,31(39)21-18-26-12-8-7-9-13-26)22-27-16-19-28(20-17-27)29-14-10-11-15-30(29)44(41,42)37-34-24(3)25(4)43-36-34/h7-17,19-20,23,32H,6,18,21-22H2,1-5H3,(H2-,35,36,37,40)/p+1/t23-,32-,38?/m0/s1. The van der Waals surface area contributed by atoms with Crippen LogP contribution < -0.4 is 10.5 Å². The Kier molecular flexibility index (Phi) is 10.1. The summed E-state index contributed by atoms with van der Waals surface area (Å²) in [5.41, 5.74) is 9.62. The predicted octanol–water partition coefficient (Wildman–Crippen LogP) is 5.77. The molecule has 0 aliphatic heterocycles. The van der Waals surface area contributed by atoms with Gasteiger partial charge < -0.3 is 10.3 Å². The second-order valence-electron chi connectivity index (χ2n) is 11.5. The monoisotopic (exact) mass is 617 g/mol. The lowest BCUT2D eigenvalue weighted by atomic mass is 9.93. The maximum atomic E-state index is 13.9. The van der Waals surface area contributed by atoms with Crippen molar-refractivity contribution in [3.63, 3.8) is 0 Å². The van der Waals surface area contributed by atoms with Gasteiger partial charge in [0, 0.05) is 22.6 Å². The van der Waals surface area contributed by atoms with Crippen molar-refractivity contribution >= 4 is 27.7 Å². The topological polar surface area (TPSA) is 132 Å². The lowest BCUT2D eigenvalue weighted by molar-refractivity contribution is -0.868. The number of nitrogens with one attached hydrogen (secondary N) is 1. The fraction of sp³-hybridized carbons (Fsp3) is 0.324. The molecule has 0 saturated heterocycles. The molecule has 4 aromatic rings. The third-order valence-corrected chi connectivity index (χ3v) is 9.87. The normalized spacial score (nSPS) is 14.4. The smallest absolute Gasteiger partial charge is 0.314 e. The summed E-state index contributed by atoms with van der Waals surface area (Å²) in [6.07, 6.45) is 1.52. The van der Waals surface area contributed by atoms with Crippen LogP contribution in [0.1, 0.15) is 49.1 Å². The van der Waals surface area contributed by atoms with Gasteiger partial charge >= 0.3 is 5.91 Å². The average molecular weight is 618 g/mol. The van der Waals surface area contributed by atoms with Gasteiger partial charge in [-0.3, -0.25) is 9.52 Å². The Hall–Kier alpha value is -4.28. The van der Waals surface area contributed by atoms with Crippen LogP contribution in [0.2, 0.25) is 0 Å². The number of aryl methyl sites for hydroxylation is 2. The van der Waals surface area contributed by atoms with Gasteiger partial charge in [-0.1, -0.05) is 91.8 Å². The second kappa shape index (κ2) is 13.6. The Morgan fingerprint density at radius 3 is 2.18 bits per heavy atom. The highest BCUT2D eigenvalue weighted by molar-refractivity contribution is 7.92.